The summed E-state index contributed by atoms with van der Waals surface area (Å²) in [6.07, 6.45) is 0. The number of hydrogen-bond acceptors (Lipinski definition) is 3. The molecule has 0 aromatic heterocycles. The minimum atomic E-state index is 0.0665. The van der Waals surface area contributed by atoms with E-state index in [0.717, 1.165) is 12.4 Å². The summed E-state index contributed by atoms with van der Waals surface area (Å²) in [5, 5.41) is 7.26. The molecule has 0 saturated carbocycles. The van der Waals surface area contributed by atoms with Crippen LogP contribution in [0.3, 0.4) is 0 Å². The number of nitrogens with two attached hydrogens (primary N) is 1. The van der Waals surface area contributed by atoms with E-state index in [-0.39, 0.29) is 5.84 Å². The smallest absolute Gasteiger partial charge is 0.122 e. The quantitative estimate of drug-likeness (QED) is 0.432. The fourth-order valence-corrected chi connectivity index (χ4v) is 1.27. The van der Waals surface area contributed by atoms with Gasteiger partial charge < -0.3 is 15.2 Å². The van der Waals surface area contributed by atoms with E-state index in [1.54, 1.807) is 24.3 Å². The third-order valence-corrected chi connectivity index (χ3v) is 2.11. The summed E-state index contributed by atoms with van der Waals surface area (Å²) in [6.45, 7) is 6.11. The fraction of sp³-hybridized carbons (Fsp3) is 0.462. The number of ether oxygens (including phenoxy) is 2. The van der Waals surface area contributed by atoms with Gasteiger partial charge in [-0.1, -0.05) is 13.8 Å². The van der Waals surface area contributed by atoms with Crippen LogP contribution in [-0.4, -0.2) is 25.7 Å². The zero-order valence-electron chi connectivity index (χ0n) is 10.4. The summed E-state index contributed by atoms with van der Waals surface area (Å²) in [7, 11) is 0. The molecule has 0 spiro atoms. The maximum absolute atomic E-state index is 7.26. The van der Waals surface area contributed by atoms with E-state index in [1.807, 2.05) is 0 Å². The summed E-state index contributed by atoms with van der Waals surface area (Å²) in [5.41, 5.74) is 6.06. The molecule has 0 unspecified atom stereocenters. The van der Waals surface area contributed by atoms with Gasteiger partial charge in [-0.25, -0.2) is 0 Å². The lowest BCUT2D eigenvalue weighted by molar-refractivity contribution is 0.0819. The predicted octanol–water partition coefficient (Wildman–Crippen LogP) is 2.02. The number of hydrogen-bond donors (Lipinski definition) is 2. The van der Waals surface area contributed by atoms with Crippen LogP contribution in [0.4, 0.5) is 0 Å². The Morgan fingerprint density at radius 2 is 1.88 bits per heavy atom. The molecule has 0 fully saturated rings. The molecule has 0 aliphatic carbocycles. The monoisotopic (exact) mass is 236 g/mol. The Morgan fingerprint density at radius 3 is 2.41 bits per heavy atom. The third-order valence-electron chi connectivity index (χ3n) is 2.11. The van der Waals surface area contributed by atoms with Gasteiger partial charge in [-0.05, 0) is 30.2 Å². The van der Waals surface area contributed by atoms with Crippen LogP contribution in [0.25, 0.3) is 0 Å². The lowest BCUT2D eigenvalue weighted by Crippen LogP contribution is -2.11. The Balaban J connectivity index is 2.25. The van der Waals surface area contributed by atoms with Gasteiger partial charge in [-0.2, -0.15) is 0 Å². The van der Waals surface area contributed by atoms with Crippen molar-refractivity contribution < 1.29 is 9.47 Å². The average Bonchev–Trinajstić information content (AvgIpc) is 2.29. The van der Waals surface area contributed by atoms with E-state index in [0.29, 0.717) is 24.7 Å². The first kappa shape index (κ1) is 13.5. The number of nitrogen functional groups attached to an aromatic ring is 1. The Kier molecular flexibility index (Phi) is 5.49. The van der Waals surface area contributed by atoms with Gasteiger partial charge in [0.25, 0.3) is 0 Å². The van der Waals surface area contributed by atoms with Gasteiger partial charge in [0.15, 0.2) is 0 Å². The van der Waals surface area contributed by atoms with Gasteiger partial charge in [0.05, 0.1) is 6.61 Å². The van der Waals surface area contributed by atoms with Gasteiger partial charge in [0, 0.05) is 12.2 Å². The number of amidine groups is 1. The molecule has 1 rings (SSSR count). The zero-order valence-corrected chi connectivity index (χ0v) is 10.4. The van der Waals surface area contributed by atoms with Gasteiger partial charge in [-0.3, -0.25) is 5.41 Å². The molecule has 0 bridgehead atoms. The van der Waals surface area contributed by atoms with E-state index in [9.17, 15) is 0 Å². The molecule has 17 heavy (non-hydrogen) atoms. The number of rotatable bonds is 7. The van der Waals surface area contributed by atoms with Crippen molar-refractivity contribution >= 4 is 5.84 Å². The second-order valence-electron chi connectivity index (χ2n) is 4.26. The molecule has 0 aliphatic heterocycles. The molecule has 1 aromatic rings. The van der Waals surface area contributed by atoms with Crippen LogP contribution < -0.4 is 10.5 Å². The summed E-state index contributed by atoms with van der Waals surface area (Å²) < 4.78 is 10.9. The van der Waals surface area contributed by atoms with E-state index in [1.165, 1.54) is 0 Å². The maximum atomic E-state index is 7.26. The van der Waals surface area contributed by atoms with Crippen molar-refractivity contribution in [1.82, 2.24) is 0 Å². The Labute approximate surface area is 102 Å². The third kappa shape index (κ3) is 5.36. The topological polar surface area (TPSA) is 68.3 Å². The highest BCUT2D eigenvalue weighted by molar-refractivity contribution is 5.94. The molecule has 94 valence electrons. The first-order chi connectivity index (χ1) is 8.09. The SMILES string of the molecule is CC(C)COCCOc1ccc(C(=N)N)cc1. The van der Waals surface area contributed by atoms with Crippen molar-refractivity contribution in [2.75, 3.05) is 19.8 Å². The van der Waals surface area contributed by atoms with Crippen molar-refractivity contribution in [3.8, 4) is 5.75 Å². The Morgan fingerprint density at radius 1 is 1.24 bits per heavy atom. The lowest BCUT2D eigenvalue weighted by Gasteiger charge is -2.09. The summed E-state index contributed by atoms with van der Waals surface area (Å²) in [5.74, 6) is 1.38. The number of nitrogens with one attached hydrogen (secondary N) is 1. The summed E-state index contributed by atoms with van der Waals surface area (Å²) in [6, 6.07) is 7.15. The molecule has 4 heteroatoms. The molecular weight excluding hydrogens is 216 g/mol. The number of benzene rings is 1. The normalized spacial score (nSPS) is 10.5. The minimum Gasteiger partial charge on any atom is -0.491 e. The largest absolute Gasteiger partial charge is 0.491 e. The van der Waals surface area contributed by atoms with Gasteiger partial charge in [0.2, 0.25) is 0 Å². The predicted molar refractivity (Wildman–Crippen MR) is 68.6 cm³/mol. The zero-order chi connectivity index (χ0) is 12.7. The van der Waals surface area contributed by atoms with Crippen LogP contribution in [0.2, 0.25) is 0 Å². The highest BCUT2D eigenvalue weighted by Gasteiger charge is 1.98. The molecule has 0 amide bonds. The lowest BCUT2D eigenvalue weighted by atomic mass is 10.2. The molecule has 0 aliphatic rings. The van der Waals surface area contributed by atoms with Crippen LogP contribution in [0, 0.1) is 11.3 Å². The first-order valence-corrected chi connectivity index (χ1v) is 5.74. The first-order valence-electron chi connectivity index (χ1n) is 5.74. The van der Waals surface area contributed by atoms with Crippen molar-refractivity contribution in [1.29, 1.82) is 5.41 Å². The molecule has 3 N–H and O–H groups in total. The van der Waals surface area contributed by atoms with Crippen LogP contribution in [0.1, 0.15) is 19.4 Å². The fourth-order valence-electron chi connectivity index (χ4n) is 1.27. The van der Waals surface area contributed by atoms with Crippen molar-refractivity contribution in [3.63, 3.8) is 0 Å². The highest BCUT2D eigenvalue weighted by atomic mass is 16.5. The van der Waals surface area contributed by atoms with Crippen molar-refractivity contribution in [3.05, 3.63) is 29.8 Å². The highest BCUT2D eigenvalue weighted by Crippen LogP contribution is 2.11. The Hall–Kier alpha value is -1.55. The standard InChI is InChI=1S/C13H20N2O2/c1-10(2)9-16-7-8-17-12-5-3-11(4-6-12)13(14)15/h3-6,10H,7-9H2,1-2H3,(H3,14,15). The summed E-state index contributed by atoms with van der Waals surface area (Å²) >= 11 is 0. The molecule has 4 nitrogen and oxygen atoms in total. The maximum Gasteiger partial charge on any atom is 0.122 e. The van der Waals surface area contributed by atoms with Crippen molar-refractivity contribution in [2.24, 2.45) is 11.7 Å². The Bertz CT molecular complexity index is 347. The van der Waals surface area contributed by atoms with Gasteiger partial charge in [0.1, 0.15) is 18.2 Å². The second-order valence-corrected chi connectivity index (χ2v) is 4.26. The molecule has 0 saturated heterocycles. The van der Waals surface area contributed by atoms with E-state index in [2.05, 4.69) is 13.8 Å². The molecular formula is C13H20N2O2. The van der Waals surface area contributed by atoms with Crippen LogP contribution in [0.5, 0.6) is 5.75 Å². The van der Waals surface area contributed by atoms with Crippen LogP contribution >= 0.6 is 0 Å². The van der Waals surface area contributed by atoms with E-state index in [4.69, 9.17) is 20.6 Å². The van der Waals surface area contributed by atoms with E-state index < -0.39 is 0 Å². The van der Waals surface area contributed by atoms with Crippen LogP contribution in [0.15, 0.2) is 24.3 Å². The molecule has 0 heterocycles. The molecule has 0 radical (unpaired) electrons. The van der Waals surface area contributed by atoms with Crippen molar-refractivity contribution in [2.45, 2.75) is 13.8 Å². The van der Waals surface area contributed by atoms with Gasteiger partial charge >= 0.3 is 0 Å². The minimum absolute atomic E-state index is 0.0665. The average molecular weight is 236 g/mol. The second kappa shape index (κ2) is 6.91. The summed E-state index contributed by atoms with van der Waals surface area (Å²) in [4.78, 5) is 0. The van der Waals surface area contributed by atoms with Crippen LogP contribution in [-0.2, 0) is 4.74 Å². The van der Waals surface area contributed by atoms with Gasteiger partial charge in [-0.15, -0.1) is 0 Å². The molecule has 1 aromatic carbocycles. The van der Waals surface area contributed by atoms with E-state index >= 15 is 0 Å². The molecule has 0 atom stereocenters.